The molecule has 0 heterocycles. The van der Waals surface area contributed by atoms with Crippen LogP contribution in [0.4, 0.5) is 9.59 Å². The smallest absolute Gasteiger partial charge is 0.321 e. The average molecular weight is 360 g/mol. The second-order valence-electron chi connectivity index (χ2n) is 5.40. The molecule has 8 nitrogen and oxygen atoms in total. The summed E-state index contributed by atoms with van der Waals surface area (Å²) in [5, 5.41) is 9.78. The number of nitrogens with one attached hydrogen (secondary N) is 4. The lowest BCUT2D eigenvalue weighted by Gasteiger charge is -2.06. The molecule has 10 heteroatoms. The standard InChI is InChI=1S/C13H20N4O4S2/c18-10(16-13(21)15-9-3-4-9)7-23-22-6-5-14-12(20)17-11(19)8-1-2-8/h8-9H,1-7H2,(H2,14,17,19,20)(H2,15,16,18,21). The van der Waals surface area contributed by atoms with Crippen molar-refractivity contribution in [3.05, 3.63) is 0 Å². The highest BCUT2D eigenvalue weighted by Gasteiger charge is 2.30. The maximum atomic E-state index is 11.5. The van der Waals surface area contributed by atoms with E-state index in [-0.39, 0.29) is 29.5 Å². The number of carbonyl (C=O) groups excluding carboxylic acids is 4. The number of imide groups is 2. The molecule has 2 saturated carbocycles. The van der Waals surface area contributed by atoms with Crippen LogP contribution in [-0.4, -0.2) is 48.0 Å². The third kappa shape index (κ3) is 8.12. The van der Waals surface area contributed by atoms with E-state index in [1.54, 1.807) is 0 Å². The van der Waals surface area contributed by atoms with Gasteiger partial charge in [-0.3, -0.25) is 20.2 Å². The maximum absolute atomic E-state index is 11.5. The van der Waals surface area contributed by atoms with E-state index in [0.29, 0.717) is 12.3 Å². The summed E-state index contributed by atoms with van der Waals surface area (Å²) < 4.78 is 0. The van der Waals surface area contributed by atoms with Gasteiger partial charge in [-0.15, -0.1) is 0 Å². The van der Waals surface area contributed by atoms with E-state index in [1.165, 1.54) is 21.6 Å². The second kappa shape index (κ2) is 9.02. The van der Waals surface area contributed by atoms with Gasteiger partial charge in [-0.2, -0.15) is 0 Å². The molecule has 2 aliphatic carbocycles. The summed E-state index contributed by atoms with van der Waals surface area (Å²) >= 11 is 0. The molecule has 0 aromatic rings. The minimum atomic E-state index is -0.484. The third-order valence-corrected chi connectivity index (χ3v) is 5.37. The molecule has 2 aliphatic rings. The van der Waals surface area contributed by atoms with E-state index in [2.05, 4.69) is 21.3 Å². The lowest BCUT2D eigenvalue weighted by atomic mass is 10.4. The Hall–Kier alpha value is -1.42. The highest BCUT2D eigenvalue weighted by Crippen LogP contribution is 2.28. The van der Waals surface area contributed by atoms with E-state index < -0.39 is 12.1 Å². The summed E-state index contributed by atoms with van der Waals surface area (Å²) in [7, 11) is 2.72. The van der Waals surface area contributed by atoms with Crippen LogP contribution in [0.2, 0.25) is 0 Å². The number of hydrogen-bond acceptors (Lipinski definition) is 6. The minimum Gasteiger partial charge on any atom is -0.337 e. The zero-order valence-corrected chi connectivity index (χ0v) is 14.2. The van der Waals surface area contributed by atoms with Gasteiger partial charge in [0.25, 0.3) is 0 Å². The van der Waals surface area contributed by atoms with Crippen molar-refractivity contribution in [3.63, 3.8) is 0 Å². The van der Waals surface area contributed by atoms with Crippen molar-refractivity contribution < 1.29 is 19.2 Å². The molecule has 0 atom stereocenters. The summed E-state index contributed by atoms with van der Waals surface area (Å²) in [6, 6.07) is -0.711. The summed E-state index contributed by atoms with van der Waals surface area (Å²) in [5.41, 5.74) is 0. The molecule has 2 rings (SSSR count). The van der Waals surface area contributed by atoms with E-state index in [4.69, 9.17) is 0 Å². The summed E-state index contributed by atoms with van der Waals surface area (Å²) in [5.74, 6) is 0.195. The monoisotopic (exact) mass is 360 g/mol. The molecule has 4 N–H and O–H groups in total. The van der Waals surface area contributed by atoms with Crippen molar-refractivity contribution in [2.75, 3.05) is 18.1 Å². The molecular formula is C13H20N4O4S2. The van der Waals surface area contributed by atoms with E-state index in [0.717, 1.165) is 25.7 Å². The fraction of sp³-hybridized carbons (Fsp3) is 0.692. The van der Waals surface area contributed by atoms with Gasteiger partial charge in [0.2, 0.25) is 11.8 Å². The Morgan fingerprint density at radius 3 is 2.30 bits per heavy atom. The van der Waals surface area contributed by atoms with Crippen molar-refractivity contribution in [1.82, 2.24) is 21.3 Å². The maximum Gasteiger partial charge on any atom is 0.321 e. The van der Waals surface area contributed by atoms with Gasteiger partial charge in [-0.1, -0.05) is 21.6 Å². The minimum absolute atomic E-state index is 0.00121. The highest BCUT2D eigenvalue weighted by atomic mass is 33.1. The second-order valence-corrected chi connectivity index (χ2v) is 7.98. The van der Waals surface area contributed by atoms with E-state index in [9.17, 15) is 19.2 Å². The molecule has 0 aliphatic heterocycles. The molecule has 23 heavy (non-hydrogen) atoms. The molecule has 6 amide bonds. The van der Waals surface area contributed by atoms with Crippen LogP contribution >= 0.6 is 21.6 Å². The van der Waals surface area contributed by atoms with Crippen LogP contribution in [0.3, 0.4) is 0 Å². The Morgan fingerprint density at radius 2 is 1.65 bits per heavy atom. The first kappa shape index (κ1) is 17.9. The van der Waals surface area contributed by atoms with Gasteiger partial charge in [0, 0.05) is 24.3 Å². The fourth-order valence-electron chi connectivity index (χ4n) is 1.58. The zero-order valence-electron chi connectivity index (χ0n) is 12.6. The number of carbonyl (C=O) groups is 4. The van der Waals surface area contributed by atoms with Crippen molar-refractivity contribution in [2.45, 2.75) is 31.7 Å². The Bertz CT molecular complexity index is 481. The van der Waals surface area contributed by atoms with Crippen molar-refractivity contribution >= 4 is 45.5 Å². The number of amides is 6. The topological polar surface area (TPSA) is 116 Å². The predicted octanol–water partition coefficient (Wildman–Crippen LogP) is 0.592. The predicted molar refractivity (Wildman–Crippen MR) is 88.9 cm³/mol. The van der Waals surface area contributed by atoms with Crippen LogP contribution in [0.25, 0.3) is 0 Å². The Kier molecular flexibility index (Phi) is 7.03. The summed E-state index contributed by atoms with van der Waals surface area (Å²) in [6.07, 6.45) is 3.65. The SMILES string of the molecule is O=C(CSSCCNC(=O)NC(=O)C1CC1)NC(=O)NC1CC1. The van der Waals surface area contributed by atoms with Gasteiger partial charge in [-0.25, -0.2) is 9.59 Å². The van der Waals surface area contributed by atoms with Gasteiger partial charge in [0.1, 0.15) is 0 Å². The first-order valence-corrected chi connectivity index (χ1v) is 9.97. The largest absolute Gasteiger partial charge is 0.337 e. The first-order chi connectivity index (χ1) is 11.0. The Morgan fingerprint density at radius 1 is 0.913 bits per heavy atom. The van der Waals surface area contributed by atoms with E-state index >= 15 is 0 Å². The molecule has 0 saturated heterocycles. The highest BCUT2D eigenvalue weighted by molar-refractivity contribution is 8.76. The fourth-order valence-corrected chi connectivity index (χ4v) is 3.32. The first-order valence-electron chi connectivity index (χ1n) is 7.48. The normalized spacial score (nSPS) is 16.3. The zero-order chi connectivity index (χ0) is 16.7. The third-order valence-electron chi connectivity index (χ3n) is 3.09. The van der Waals surface area contributed by atoms with Gasteiger partial charge in [-0.05, 0) is 25.7 Å². The molecule has 128 valence electrons. The molecule has 0 spiro atoms. The van der Waals surface area contributed by atoms with Crippen molar-refractivity contribution in [1.29, 1.82) is 0 Å². The van der Waals surface area contributed by atoms with Crippen molar-refractivity contribution in [2.24, 2.45) is 5.92 Å². The van der Waals surface area contributed by atoms with Gasteiger partial charge >= 0.3 is 12.1 Å². The van der Waals surface area contributed by atoms with Gasteiger partial charge in [0.15, 0.2) is 0 Å². The average Bonchev–Trinajstić information content (AvgIpc) is 3.35. The Labute approximate surface area is 142 Å². The quantitative estimate of drug-likeness (QED) is 0.372. The molecule has 0 aromatic carbocycles. The van der Waals surface area contributed by atoms with Crippen molar-refractivity contribution in [3.8, 4) is 0 Å². The summed E-state index contributed by atoms with van der Waals surface area (Å²) in [4.78, 5) is 45.5. The van der Waals surface area contributed by atoms with Crippen LogP contribution in [-0.2, 0) is 9.59 Å². The summed E-state index contributed by atoms with van der Waals surface area (Å²) in [6.45, 7) is 0.394. The molecular weight excluding hydrogens is 340 g/mol. The number of urea groups is 2. The van der Waals surface area contributed by atoms with Gasteiger partial charge < -0.3 is 10.6 Å². The Balaban J connectivity index is 1.40. The van der Waals surface area contributed by atoms with Crippen LogP contribution in [0.15, 0.2) is 0 Å². The molecule has 0 unspecified atom stereocenters. The lowest BCUT2D eigenvalue weighted by Crippen LogP contribution is -2.41. The lowest BCUT2D eigenvalue weighted by molar-refractivity contribution is -0.121. The van der Waals surface area contributed by atoms with E-state index in [1.807, 2.05) is 0 Å². The molecule has 0 bridgehead atoms. The molecule has 0 radical (unpaired) electrons. The van der Waals surface area contributed by atoms with Crippen LogP contribution < -0.4 is 21.3 Å². The molecule has 0 aromatic heterocycles. The van der Waals surface area contributed by atoms with Crippen LogP contribution in [0.1, 0.15) is 25.7 Å². The number of rotatable bonds is 8. The number of hydrogen-bond donors (Lipinski definition) is 4. The van der Waals surface area contributed by atoms with Crippen LogP contribution in [0.5, 0.6) is 0 Å². The van der Waals surface area contributed by atoms with Gasteiger partial charge in [0.05, 0.1) is 5.75 Å². The molecule has 2 fully saturated rings. The van der Waals surface area contributed by atoms with Crippen LogP contribution in [0, 0.1) is 5.92 Å².